The molecule has 0 saturated carbocycles. The van der Waals surface area contributed by atoms with Crippen LogP contribution in [0.5, 0.6) is 0 Å². The fraction of sp³-hybridized carbons (Fsp3) is 0. The SMILES string of the molecule is c1ccc(-c2ccc(-c3cc(-c4ccc(-c5ccccc5)cc4)nc(-c4ccc(-n5c6ccccc6c6cc(-c7cccc(-c8ccc9sc%10ccccc%10c9c8)c7)ccc65)cc4)n3)cc2)cc1. The number of hydrogen-bond acceptors (Lipinski definition) is 3. The molecule has 0 unspecified atom stereocenters. The molecule has 3 heterocycles. The Balaban J connectivity index is 0.860. The van der Waals surface area contributed by atoms with E-state index >= 15 is 0 Å². The number of benzene rings is 10. The summed E-state index contributed by atoms with van der Waals surface area (Å²) in [7, 11) is 0. The van der Waals surface area contributed by atoms with Crippen LogP contribution in [-0.2, 0) is 0 Å². The van der Waals surface area contributed by atoms with Gasteiger partial charge in [0.05, 0.1) is 22.4 Å². The molecule has 13 rings (SSSR count). The lowest BCUT2D eigenvalue weighted by atomic mass is 9.97. The first-order chi connectivity index (χ1) is 33.7. The third-order valence-electron chi connectivity index (χ3n) is 13.3. The largest absolute Gasteiger partial charge is 0.309 e. The van der Waals surface area contributed by atoms with Gasteiger partial charge in [0.15, 0.2) is 5.82 Å². The molecule has 13 aromatic rings. The van der Waals surface area contributed by atoms with Gasteiger partial charge in [0.1, 0.15) is 0 Å². The van der Waals surface area contributed by atoms with Crippen molar-refractivity contribution in [3.05, 3.63) is 249 Å². The van der Waals surface area contributed by atoms with Gasteiger partial charge in [-0.2, -0.15) is 0 Å². The van der Waals surface area contributed by atoms with Crippen molar-refractivity contribution in [1.82, 2.24) is 14.5 Å². The molecule has 10 aromatic carbocycles. The number of para-hydroxylation sites is 1. The summed E-state index contributed by atoms with van der Waals surface area (Å²) in [5.41, 5.74) is 17.7. The van der Waals surface area contributed by atoms with Crippen LogP contribution in [0.15, 0.2) is 249 Å². The van der Waals surface area contributed by atoms with Gasteiger partial charge in [-0.1, -0.05) is 176 Å². The van der Waals surface area contributed by atoms with Gasteiger partial charge in [0, 0.05) is 53.3 Å². The Labute approximate surface area is 398 Å². The van der Waals surface area contributed by atoms with E-state index < -0.39 is 0 Å². The number of hydrogen-bond donors (Lipinski definition) is 0. The molecular formula is C64H41N3S. The van der Waals surface area contributed by atoms with Crippen LogP contribution in [0.3, 0.4) is 0 Å². The van der Waals surface area contributed by atoms with Gasteiger partial charge < -0.3 is 4.57 Å². The molecule has 0 aliphatic rings. The van der Waals surface area contributed by atoms with Crippen molar-refractivity contribution < 1.29 is 0 Å². The maximum atomic E-state index is 5.23. The average molecular weight is 884 g/mol. The van der Waals surface area contributed by atoms with E-state index in [1.54, 1.807) is 0 Å². The lowest BCUT2D eigenvalue weighted by Crippen LogP contribution is -1.97. The Kier molecular flexibility index (Phi) is 9.69. The van der Waals surface area contributed by atoms with Gasteiger partial charge in [0.25, 0.3) is 0 Å². The van der Waals surface area contributed by atoms with Crippen LogP contribution in [0, 0.1) is 0 Å². The van der Waals surface area contributed by atoms with Crippen LogP contribution >= 0.6 is 11.3 Å². The maximum absolute atomic E-state index is 5.23. The third kappa shape index (κ3) is 7.16. The smallest absolute Gasteiger partial charge is 0.160 e. The fourth-order valence-corrected chi connectivity index (χ4v) is 10.9. The van der Waals surface area contributed by atoms with Gasteiger partial charge in [-0.3, -0.25) is 0 Å². The quantitative estimate of drug-likeness (QED) is 0.152. The van der Waals surface area contributed by atoms with E-state index in [4.69, 9.17) is 9.97 Å². The first-order valence-electron chi connectivity index (χ1n) is 23.0. The number of thiophene rings is 1. The van der Waals surface area contributed by atoms with Crippen molar-refractivity contribution in [3.63, 3.8) is 0 Å². The lowest BCUT2D eigenvalue weighted by Gasteiger charge is -2.12. The molecule has 0 spiro atoms. The molecule has 0 N–H and O–H groups in total. The monoisotopic (exact) mass is 883 g/mol. The number of fused-ring (bicyclic) bond motifs is 6. The second kappa shape index (κ2) is 16.6. The van der Waals surface area contributed by atoms with Crippen molar-refractivity contribution in [2.75, 3.05) is 0 Å². The summed E-state index contributed by atoms with van der Waals surface area (Å²) in [6, 6.07) is 89.3. The van der Waals surface area contributed by atoms with E-state index in [1.807, 2.05) is 11.3 Å². The number of nitrogens with zero attached hydrogens (tertiary/aromatic N) is 3. The Bertz CT molecular complexity index is 3880. The summed E-state index contributed by atoms with van der Waals surface area (Å²) < 4.78 is 5.02. The van der Waals surface area contributed by atoms with E-state index in [9.17, 15) is 0 Å². The molecule has 0 radical (unpaired) electrons. The topological polar surface area (TPSA) is 30.7 Å². The highest BCUT2D eigenvalue weighted by Crippen LogP contribution is 2.39. The first kappa shape index (κ1) is 39.6. The van der Waals surface area contributed by atoms with Crippen LogP contribution in [0.1, 0.15) is 0 Å². The second-order valence-electron chi connectivity index (χ2n) is 17.4. The summed E-state index contributed by atoms with van der Waals surface area (Å²) in [4.78, 5) is 10.5. The van der Waals surface area contributed by atoms with E-state index in [0.29, 0.717) is 5.82 Å². The molecule has 0 aliphatic carbocycles. The highest BCUT2D eigenvalue weighted by molar-refractivity contribution is 7.25. The minimum atomic E-state index is 0.681. The van der Waals surface area contributed by atoms with Crippen molar-refractivity contribution in [2.45, 2.75) is 0 Å². The molecule has 0 bridgehead atoms. The minimum absolute atomic E-state index is 0.681. The maximum Gasteiger partial charge on any atom is 0.160 e. The predicted molar refractivity (Wildman–Crippen MR) is 287 cm³/mol. The molecular weight excluding hydrogens is 843 g/mol. The molecule has 0 atom stereocenters. The van der Waals surface area contributed by atoms with Crippen LogP contribution in [-0.4, -0.2) is 14.5 Å². The van der Waals surface area contributed by atoms with Crippen LogP contribution < -0.4 is 0 Å². The molecule has 3 nitrogen and oxygen atoms in total. The van der Waals surface area contributed by atoms with Gasteiger partial charge in [-0.15, -0.1) is 11.3 Å². The van der Waals surface area contributed by atoms with E-state index in [0.717, 1.165) is 44.8 Å². The van der Waals surface area contributed by atoms with Crippen molar-refractivity contribution >= 4 is 53.3 Å². The van der Waals surface area contributed by atoms with Gasteiger partial charge in [-0.05, 0) is 117 Å². The minimum Gasteiger partial charge on any atom is -0.309 e. The van der Waals surface area contributed by atoms with Crippen LogP contribution in [0.2, 0.25) is 0 Å². The van der Waals surface area contributed by atoms with Gasteiger partial charge >= 0.3 is 0 Å². The zero-order valence-electron chi connectivity index (χ0n) is 36.9. The normalized spacial score (nSPS) is 11.5. The van der Waals surface area contributed by atoms with Crippen molar-refractivity contribution in [3.8, 4) is 84.1 Å². The molecule has 0 saturated heterocycles. The lowest BCUT2D eigenvalue weighted by molar-refractivity contribution is 1.16. The standard InChI is InChI=1S/C64H41N3S/c1-3-12-42(13-4-1)44-22-26-46(27-23-44)58-41-59(47-28-24-45(25-29-47)43-14-5-2-6-15-43)66-64(65-58)48-30-34-53(35-31-48)67-60-20-9-7-18-54(60)56-39-51(32-36-61(56)67)49-16-11-17-50(38-49)52-33-37-63-57(40-52)55-19-8-10-21-62(55)68-63/h1-41H. The first-order valence-corrected chi connectivity index (χ1v) is 23.9. The molecule has 3 aromatic heterocycles. The van der Waals surface area contributed by atoms with Crippen LogP contribution in [0.25, 0.3) is 126 Å². The summed E-state index contributed by atoms with van der Waals surface area (Å²) >= 11 is 1.86. The summed E-state index contributed by atoms with van der Waals surface area (Å²) in [6.45, 7) is 0. The van der Waals surface area contributed by atoms with Crippen molar-refractivity contribution in [2.24, 2.45) is 0 Å². The highest BCUT2D eigenvalue weighted by Gasteiger charge is 2.16. The Morgan fingerprint density at radius 1 is 0.265 bits per heavy atom. The van der Waals surface area contributed by atoms with Gasteiger partial charge in [0.2, 0.25) is 0 Å². The molecule has 0 fully saturated rings. The molecule has 0 aliphatic heterocycles. The summed E-state index contributed by atoms with van der Waals surface area (Å²) in [5.74, 6) is 0.681. The Hall–Kier alpha value is -8.70. The summed E-state index contributed by atoms with van der Waals surface area (Å²) in [5, 5.41) is 5.07. The highest BCUT2D eigenvalue weighted by atomic mass is 32.1. The molecule has 68 heavy (non-hydrogen) atoms. The number of aromatic nitrogens is 3. The Morgan fingerprint density at radius 3 is 1.35 bits per heavy atom. The van der Waals surface area contributed by atoms with Crippen LogP contribution in [0.4, 0.5) is 0 Å². The molecule has 318 valence electrons. The van der Waals surface area contributed by atoms with E-state index in [2.05, 4.69) is 253 Å². The van der Waals surface area contributed by atoms with Crippen molar-refractivity contribution in [1.29, 1.82) is 0 Å². The average Bonchev–Trinajstić information content (AvgIpc) is 3.96. The Morgan fingerprint density at radius 2 is 0.706 bits per heavy atom. The molecule has 0 amide bonds. The molecule has 4 heteroatoms. The number of rotatable bonds is 8. The predicted octanol–water partition coefficient (Wildman–Crippen LogP) is 17.6. The van der Waals surface area contributed by atoms with Gasteiger partial charge in [-0.25, -0.2) is 9.97 Å². The van der Waals surface area contributed by atoms with E-state index in [1.165, 1.54) is 75.5 Å². The second-order valence-corrected chi connectivity index (χ2v) is 18.5. The summed E-state index contributed by atoms with van der Waals surface area (Å²) in [6.07, 6.45) is 0. The van der Waals surface area contributed by atoms with E-state index in [-0.39, 0.29) is 0 Å². The zero-order chi connectivity index (χ0) is 45.0. The third-order valence-corrected chi connectivity index (χ3v) is 14.4. The fourth-order valence-electron chi connectivity index (χ4n) is 9.77. The zero-order valence-corrected chi connectivity index (χ0v) is 37.7.